The molecule has 4 nitrogen and oxygen atoms in total. The monoisotopic (exact) mass is 385 g/mol. The van der Waals surface area contributed by atoms with Gasteiger partial charge in [-0.15, -0.1) is 11.6 Å². The molecule has 2 N–H and O–H groups in total. The predicted octanol–water partition coefficient (Wildman–Crippen LogP) is 2.75. The number of hydrogen-bond acceptors (Lipinski definition) is 3. The first-order valence-electron chi connectivity index (χ1n) is 10.1. The van der Waals surface area contributed by atoms with Crippen molar-refractivity contribution in [3.63, 3.8) is 0 Å². The fraction of sp³-hybridized carbons (Fsp3) is 0.947. The van der Waals surface area contributed by atoms with E-state index in [1.54, 1.807) is 0 Å². The van der Waals surface area contributed by atoms with Gasteiger partial charge < -0.3 is 15.4 Å². The molecule has 0 aromatic rings. The van der Waals surface area contributed by atoms with Crippen molar-refractivity contribution in [1.29, 1.82) is 0 Å². The molecule has 0 aromatic heterocycles. The number of halogens is 1. The van der Waals surface area contributed by atoms with Crippen LogP contribution in [0.1, 0.15) is 44.9 Å². The second kappa shape index (κ2) is 7.49. The number of hydrogen-bond donors (Lipinski definition) is 2. The van der Waals surface area contributed by atoms with E-state index in [-0.39, 0.29) is 4.87 Å². The Morgan fingerprint density at radius 2 is 1.84 bits per heavy atom. The number of ether oxygens (including phenoxy) is 1. The van der Waals surface area contributed by atoms with Crippen LogP contribution in [0.15, 0.2) is 0 Å². The quantitative estimate of drug-likeness (QED) is 0.417. The molecule has 4 bridgehead atoms. The Balaban J connectivity index is 1.16. The summed E-state index contributed by atoms with van der Waals surface area (Å²) in [5.41, 5.74) is 0.394. The van der Waals surface area contributed by atoms with Crippen LogP contribution in [-0.4, -0.2) is 60.8 Å². The lowest BCUT2D eigenvalue weighted by Gasteiger charge is -2.60. The van der Waals surface area contributed by atoms with E-state index in [2.05, 4.69) is 15.5 Å². The number of alkyl halides is 1. The summed E-state index contributed by atoms with van der Waals surface area (Å²) in [6.45, 7) is 6.95. The van der Waals surface area contributed by atoms with Crippen LogP contribution in [0, 0.1) is 17.3 Å². The fourth-order valence-electron chi connectivity index (χ4n) is 6.20. The Kier molecular flexibility index (Phi) is 5.48. The smallest absolute Gasteiger partial charge is 0.166 e. The summed E-state index contributed by atoms with van der Waals surface area (Å²) >= 11 is 12.4. The average Bonchev–Trinajstić information content (AvgIpc) is 2.56. The second-order valence-electron chi connectivity index (χ2n) is 9.03. The summed E-state index contributed by atoms with van der Waals surface area (Å²) in [6, 6.07) is 0. The second-order valence-corrected chi connectivity index (χ2v) is 10.2. The minimum Gasteiger partial charge on any atom is -0.379 e. The van der Waals surface area contributed by atoms with Crippen molar-refractivity contribution in [1.82, 2.24) is 15.5 Å². The van der Waals surface area contributed by atoms with Gasteiger partial charge in [-0.2, -0.15) is 0 Å². The molecule has 1 heterocycles. The highest BCUT2D eigenvalue weighted by Crippen LogP contribution is 2.63. The summed E-state index contributed by atoms with van der Waals surface area (Å²) < 4.78 is 5.39. The van der Waals surface area contributed by atoms with Gasteiger partial charge in [0.05, 0.1) is 13.2 Å². The van der Waals surface area contributed by atoms with Crippen molar-refractivity contribution in [3.8, 4) is 0 Å². The molecule has 0 aromatic carbocycles. The van der Waals surface area contributed by atoms with Gasteiger partial charge in [-0.3, -0.25) is 4.90 Å². The van der Waals surface area contributed by atoms with Crippen molar-refractivity contribution in [2.24, 2.45) is 17.3 Å². The van der Waals surface area contributed by atoms with Gasteiger partial charge in [-0.1, -0.05) is 0 Å². The minimum atomic E-state index is 0.0962. The Labute approximate surface area is 162 Å². The van der Waals surface area contributed by atoms with Gasteiger partial charge in [0.25, 0.3) is 0 Å². The summed E-state index contributed by atoms with van der Waals surface area (Å²) in [5.74, 6) is 1.71. The maximum atomic E-state index is 6.92. The van der Waals surface area contributed by atoms with E-state index in [9.17, 15) is 0 Å². The molecule has 0 radical (unpaired) electrons. The molecule has 4 saturated carbocycles. The van der Waals surface area contributed by atoms with Crippen LogP contribution in [0.2, 0.25) is 0 Å². The lowest BCUT2D eigenvalue weighted by Crippen LogP contribution is -2.57. The molecule has 2 unspecified atom stereocenters. The molecular formula is C19H32ClN3OS. The molecule has 0 spiro atoms. The molecule has 1 aliphatic heterocycles. The van der Waals surface area contributed by atoms with Gasteiger partial charge in [-0.05, 0) is 81.0 Å². The van der Waals surface area contributed by atoms with Crippen LogP contribution < -0.4 is 10.6 Å². The molecule has 1 saturated heterocycles. The zero-order valence-electron chi connectivity index (χ0n) is 15.2. The largest absolute Gasteiger partial charge is 0.379 e. The van der Waals surface area contributed by atoms with Gasteiger partial charge in [0.1, 0.15) is 0 Å². The first-order chi connectivity index (χ1) is 12.0. The normalized spacial score (nSPS) is 40.2. The van der Waals surface area contributed by atoms with Crippen LogP contribution in [0.25, 0.3) is 0 Å². The number of morpholine rings is 1. The van der Waals surface area contributed by atoms with Gasteiger partial charge >= 0.3 is 0 Å². The molecule has 5 rings (SSSR count). The number of thiocarbonyl (C=S) groups is 1. The van der Waals surface area contributed by atoms with Gasteiger partial charge in [-0.25, -0.2) is 0 Å². The minimum absolute atomic E-state index is 0.0962. The molecule has 25 heavy (non-hydrogen) atoms. The van der Waals surface area contributed by atoms with E-state index in [1.165, 1.54) is 38.5 Å². The molecule has 5 fully saturated rings. The fourth-order valence-corrected chi connectivity index (χ4v) is 7.10. The number of nitrogens with one attached hydrogen (secondary N) is 2. The van der Waals surface area contributed by atoms with Gasteiger partial charge in [0.2, 0.25) is 0 Å². The van der Waals surface area contributed by atoms with E-state index in [4.69, 9.17) is 28.6 Å². The molecule has 2 atom stereocenters. The maximum absolute atomic E-state index is 6.92. The highest BCUT2D eigenvalue weighted by Gasteiger charge is 2.56. The van der Waals surface area contributed by atoms with E-state index < -0.39 is 0 Å². The molecule has 4 aliphatic carbocycles. The highest BCUT2D eigenvalue weighted by molar-refractivity contribution is 7.80. The molecule has 6 heteroatoms. The average molecular weight is 386 g/mol. The van der Waals surface area contributed by atoms with E-state index in [0.29, 0.717) is 5.41 Å². The third-order valence-electron chi connectivity index (χ3n) is 6.78. The Bertz CT molecular complexity index is 483. The summed E-state index contributed by atoms with van der Waals surface area (Å²) in [4.78, 5) is 2.57. The van der Waals surface area contributed by atoms with Crippen LogP contribution in [0.3, 0.4) is 0 Å². The zero-order chi connectivity index (χ0) is 17.3. The molecule has 5 aliphatic rings. The third-order valence-corrected chi connectivity index (χ3v) is 7.51. The Morgan fingerprint density at radius 3 is 2.52 bits per heavy atom. The van der Waals surface area contributed by atoms with Crippen molar-refractivity contribution >= 4 is 28.9 Å². The molecular weight excluding hydrogens is 354 g/mol. The van der Waals surface area contributed by atoms with Crippen molar-refractivity contribution < 1.29 is 4.74 Å². The highest BCUT2D eigenvalue weighted by atomic mass is 35.5. The van der Waals surface area contributed by atoms with Crippen molar-refractivity contribution in [2.75, 3.05) is 45.9 Å². The Morgan fingerprint density at radius 1 is 1.12 bits per heavy atom. The van der Waals surface area contributed by atoms with Crippen LogP contribution in [0.5, 0.6) is 0 Å². The standard InChI is InChI=1S/C19H32ClN3OS/c20-19-11-15-8-16(12-19)10-18(9-15,13-19)14-22-17(25)21-2-1-3-23-4-6-24-7-5-23/h15-16H,1-14H2,(H2,21,22,25). The van der Waals surface area contributed by atoms with E-state index in [1.807, 2.05) is 0 Å². The van der Waals surface area contributed by atoms with Crippen LogP contribution in [0.4, 0.5) is 0 Å². The first kappa shape index (κ1) is 18.3. The van der Waals surface area contributed by atoms with E-state index >= 15 is 0 Å². The van der Waals surface area contributed by atoms with Gasteiger partial charge in [0, 0.05) is 31.1 Å². The summed E-state index contributed by atoms with van der Waals surface area (Å²) in [7, 11) is 0. The number of rotatable bonds is 6. The van der Waals surface area contributed by atoms with Crippen molar-refractivity contribution in [3.05, 3.63) is 0 Å². The molecule has 0 amide bonds. The lowest BCUT2D eigenvalue weighted by atomic mass is 9.49. The van der Waals surface area contributed by atoms with Crippen LogP contribution in [-0.2, 0) is 4.74 Å². The topological polar surface area (TPSA) is 36.5 Å². The maximum Gasteiger partial charge on any atom is 0.166 e. The van der Waals surface area contributed by atoms with Gasteiger partial charge in [0.15, 0.2) is 5.11 Å². The first-order valence-corrected chi connectivity index (χ1v) is 10.8. The van der Waals surface area contributed by atoms with Crippen LogP contribution >= 0.6 is 23.8 Å². The molecule has 142 valence electrons. The summed E-state index contributed by atoms with van der Waals surface area (Å²) in [6.07, 6.45) is 8.92. The SMILES string of the molecule is S=C(NCCCN1CCOCC1)NCC12CC3CC(CC(Cl)(C3)C1)C2. The predicted molar refractivity (Wildman–Crippen MR) is 106 cm³/mol. The number of nitrogens with zero attached hydrogens (tertiary/aromatic N) is 1. The summed E-state index contributed by atoms with van der Waals surface area (Å²) in [5, 5.41) is 7.74. The zero-order valence-corrected chi connectivity index (χ0v) is 16.8. The van der Waals surface area contributed by atoms with E-state index in [0.717, 1.165) is 69.3 Å². The lowest BCUT2D eigenvalue weighted by molar-refractivity contribution is -0.0365. The third kappa shape index (κ3) is 4.42. The Hall–Kier alpha value is -0.100. The van der Waals surface area contributed by atoms with Crippen molar-refractivity contribution in [2.45, 2.75) is 49.8 Å².